The maximum atomic E-state index is 12.8. The van der Waals surface area contributed by atoms with Crippen LogP contribution in [0, 0.1) is 0 Å². The fourth-order valence-electron chi connectivity index (χ4n) is 4.51. The van der Waals surface area contributed by atoms with E-state index in [1.165, 1.54) is 24.3 Å². The molecule has 0 unspecified atom stereocenters. The van der Waals surface area contributed by atoms with Crippen molar-refractivity contribution in [2.24, 2.45) is 0 Å². The van der Waals surface area contributed by atoms with Crippen LogP contribution >= 0.6 is 0 Å². The Morgan fingerprint density at radius 1 is 0.846 bits per heavy atom. The number of alkyl halides is 3. The second kappa shape index (κ2) is 14.5. The molecule has 214 valence electrons. The highest BCUT2D eigenvalue weighted by molar-refractivity contribution is 6.66. The Bertz CT molecular complexity index is 1240. The monoisotopic (exact) mass is 566 g/mol. The lowest BCUT2D eigenvalue weighted by Gasteiger charge is -2.25. The van der Waals surface area contributed by atoms with Gasteiger partial charge in [0.05, 0.1) is 12.2 Å². The van der Waals surface area contributed by atoms with Gasteiger partial charge in [0.25, 0.3) is 0 Å². The molecular weight excluding hydrogens is 529 g/mol. The fraction of sp³-hybridized carbons (Fsp3) is 0.483. The first-order valence-electron chi connectivity index (χ1n) is 13.5. The maximum Gasteiger partial charge on any atom is 0.573 e. The third kappa shape index (κ3) is 9.70. The van der Waals surface area contributed by atoms with Crippen LogP contribution < -0.4 is 15.1 Å². The highest BCUT2D eigenvalue weighted by atomic mass is 28.4. The summed E-state index contributed by atoms with van der Waals surface area (Å²) in [6.45, 7) is 8.09. The van der Waals surface area contributed by atoms with E-state index in [1.807, 2.05) is 13.8 Å². The molecule has 0 spiro atoms. The molecule has 0 amide bonds. The Balaban J connectivity index is 1.48. The number of halogens is 3. The Morgan fingerprint density at radius 2 is 1.51 bits per heavy atom. The average molecular weight is 567 g/mol. The molecular formula is C29H37F3O6Si. The summed E-state index contributed by atoms with van der Waals surface area (Å²) >= 11 is 0. The van der Waals surface area contributed by atoms with Gasteiger partial charge in [-0.1, -0.05) is 50.3 Å². The summed E-state index contributed by atoms with van der Waals surface area (Å²) in [7, 11) is -2.02. The third-order valence-corrected chi connectivity index (χ3v) is 9.36. The van der Waals surface area contributed by atoms with E-state index in [2.05, 4.69) is 11.3 Å². The van der Waals surface area contributed by atoms with Gasteiger partial charge in [0.1, 0.15) is 17.1 Å². The Kier molecular flexibility index (Phi) is 11.4. The smallest absolute Gasteiger partial charge is 0.493 e. The topological polar surface area (TPSA) is 67.1 Å². The molecule has 0 aliphatic heterocycles. The van der Waals surface area contributed by atoms with Gasteiger partial charge in [0.2, 0.25) is 0 Å². The normalized spacial score (nSPS) is 12.2. The second-order valence-electron chi connectivity index (χ2n) is 9.41. The zero-order valence-electron chi connectivity index (χ0n) is 22.8. The van der Waals surface area contributed by atoms with E-state index in [0.717, 1.165) is 50.6 Å². The van der Waals surface area contributed by atoms with E-state index in [1.54, 1.807) is 18.2 Å². The van der Waals surface area contributed by atoms with Gasteiger partial charge < -0.3 is 22.7 Å². The van der Waals surface area contributed by atoms with Crippen LogP contribution in [0.4, 0.5) is 13.2 Å². The van der Waals surface area contributed by atoms with E-state index >= 15 is 0 Å². The number of ether oxygens (including phenoxy) is 2. The zero-order valence-corrected chi connectivity index (χ0v) is 23.8. The van der Waals surface area contributed by atoms with Crippen molar-refractivity contribution in [2.45, 2.75) is 71.3 Å². The van der Waals surface area contributed by atoms with Crippen molar-refractivity contribution in [1.82, 2.24) is 0 Å². The number of hydrogen-bond acceptors (Lipinski definition) is 6. The van der Waals surface area contributed by atoms with Crippen molar-refractivity contribution in [3.05, 3.63) is 59.0 Å². The molecule has 0 radical (unpaired) electrons. The average Bonchev–Trinajstić information content (AvgIpc) is 2.87. The molecule has 3 aromatic rings. The number of rotatable bonds is 16. The van der Waals surface area contributed by atoms with Gasteiger partial charge >= 0.3 is 20.5 Å². The third-order valence-electron chi connectivity index (χ3n) is 6.30. The first-order valence-corrected chi connectivity index (χ1v) is 16.0. The number of benzene rings is 2. The first-order chi connectivity index (χ1) is 18.6. The van der Waals surface area contributed by atoms with Crippen molar-refractivity contribution in [2.75, 3.05) is 19.8 Å². The Hall–Kier alpha value is -2.82. The van der Waals surface area contributed by atoms with Crippen LogP contribution in [0.25, 0.3) is 22.1 Å². The van der Waals surface area contributed by atoms with Crippen LogP contribution in [0.5, 0.6) is 11.5 Å². The van der Waals surface area contributed by atoms with Gasteiger partial charge in [-0.3, -0.25) is 0 Å². The van der Waals surface area contributed by atoms with Crippen molar-refractivity contribution in [3.8, 4) is 22.6 Å². The molecule has 0 fully saturated rings. The number of fused-ring (bicyclic) bond motifs is 1. The largest absolute Gasteiger partial charge is 0.573 e. The number of unbranched alkanes of at least 4 members (excludes halogenated alkanes) is 5. The van der Waals surface area contributed by atoms with Crippen molar-refractivity contribution < 1.29 is 35.9 Å². The van der Waals surface area contributed by atoms with Crippen LogP contribution in [0.1, 0.15) is 52.4 Å². The summed E-state index contributed by atoms with van der Waals surface area (Å²) < 4.78 is 65.5. The number of para-hydroxylation sites is 1. The van der Waals surface area contributed by atoms with E-state index < -0.39 is 26.3 Å². The molecule has 0 aliphatic rings. The van der Waals surface area contributed by atoms with E-state index in [4.69, 9.17) is 18.0 Å². The SMILES string of the molecule is CCO[Si](C)(CCCCCCCCOc1ccc2cc(-c3ccccc3OC(F)(F)F)c(=O)oc2c1)OCC. The predicted octanol–water partition coefficient (Wildman–Crippen LogP) is 8.22. The molecule has 10 heteroatoms. The quantitative estimate of drug-likeness (QED) is 0.0989. The Morgan fingerprint density at radius 3 is 2.21 bits per heavy atom. The van der Waals surface area contributed by atoms with Crippen molar-refractivity contribution in [1.29, 1.82) is 0 Å². The lowest BCUT2D eigenvalue weighted by atomic mass is 10.0. The summed E-state index contributed by atoms with van der Waals surface area (Å²) in [6.07, 6.45) is 1.63. The summed E-state index contributed by atoms with van der Waals surface area (Å²) in [4.78, 5) is 12.6. The summed E-state index contributed by atoms with van der Waals surface area (Å²) in [5.74, 6) is 0.100. The predicted molar refractivity (Wildman–Crippen MR) is 147 cm³/mol. The van der Waals surface area contributed by atoms with Crippen LogP contribution in [0.2, 0.25) is 12.6 Å². The van der Waals surface area contributed by atoms with Gasteiger partial charge in [-0.25, -0.2) is 4.79 Å². The van der Waals surface area contributed by atoms with E-state index in [-0.39, 0.29) is 11.1 Å². The van der Waals surface area contributed by atoms with Crippen LogP contribution in [-0.4, -0.2) is 34.7 Å². The van der Waals surface area contributed by atoms with Gasteiger partial charge in [0, 0.05) is 30.2 Å². The minimum Gasteiger partial charge on any atom is -0.493 e. The molecule has 1 aromatic heterocycles. The molecule has 0 N–H and O–H groups in total. The lowest BCUT2D eigenvalue weighted by Crippen LogP contribution is -2.38. The maximum absolute atomic E-state index is 12.8. The second-order valence-corrected chi connectivity index (χ2v) is 12.8. The summed E-state index contributed by atoms with van der Waals surface area (Å²) in [6, 6.07) is 13.1. The molecule has 6 nitrogen and oxygen atoms in total. The van der Waals surface area contributed by atoms with Crippen LogP contribution in [0.15, 0.2) is 57.7 Å². The lowest BCUT2D eigenvalue weighted by molar-refractivity contribution is -0.274. The van der Waals surface area contributed by atoms with Gasteiger partial charge in [0.15, 0.2) is 0 Å². The number of hydrogen-bond donors (Lipinski definition) is 0. The minimum absolute atomic E-state index is 0.00508. The van der Waals surface area contributed by atoms with Gasteiger partial charge in [-0.15, -0.1) is 13.2 Å². The molecule has 0 aliphatic carbocycles. The molecule has 0 saturated heterocycles. The van der Waals surface area contributed by atoms with E-state index in [9.17, 15) is 18.0 Å². The van der Waals surface area contributed by atoms with Crippen LogP contribution in [-0.2, 0) is 8.85 Å². The van der Waals surface area contributed by atoms with Crippen molar-refractivity contribution >= 4 is 19.5 Å². The summed E-state index contributed by atoms with van der Waals surface area (Å²) in [5, 5.41) is 0.562. The molecule has 0 saturated carbocycles. The van der Waals surface area contributed by atoms with Crippen LogP contribution in [0.3, 0.4) is 0 Å². The molecule has 0 atom stereocenters. The van der Waals surface area contributed by atoms with E-state index in [0.29, 0.717) is 36.5 Å². The molecule has 2 aromatic carbocycles. The highest BCUT2D eigenvalue weighted by Gasteiger charge is 2.32. The Labute approximate surface area is 228 Å². The first kappa shape index (κ1) is 30.7. The van der Waals surface area contributed by atoms with Gasteiger partial charge in [-0.2, -0.15) is 0 Å². The standard InChI is InChI=1S/C29H37F3O6Si/c1-4-35-39(3,36-5-2)19-13-9-7-6-8-12-18-34-23-17-16-22-20-25(28(33)37-27(22)21-23)24-14-10-11-15-26(24)38-29(30,31)32/h10-11,14-17,20-21H,4-9,12-13,18-19H2,1-3H3. The highest BCUT2D eigenvalue weighted by Crippen LogP contribution is 2.33. The molecule has 3 rings (SSSR count). The molecule has 39 heavy (non-hydrogen) atoms. The van der Waals surface area contributed by atoms with Crippen molar-refractivity contribution in [3.63, 3.8) is 0 Å². The van der Waals surface area contributed by atoms with Gasteiger partial charge in [-0.05, 0) is 57.1 Å². The zero-order chi connectivity index (χ0) is 28.3. The fourth-order valence-corrected chi connectivity index (χ4v) is 7.00. The summed E-state index contributed by atoms with van der Waals surface area (Å²) in [5.41, 5.74) is -0.474. The molecule has 0 bridgehead atoms. The minimum atomic E-state index is -4.88. The molecule has 1 heterocycles.